The molecule has 6 nitrogen and oxygen atoms in total. The molecule has 6 heteroatoms. The lowest BCUT2D eigenvalue weighted by molar-refractivity contribution is 0.0358. The van der Waals surface area contributed by atoms with Crippen LogP contribution >= 0.6 is 0 Å². The van der Waals surface area contributed by atoms with Gasteiger partial charge in [-0.2, -0.15) is 5.10 Å². The Morgan fingerprint density at radius 2 is 1.76 bits per heavy atom. The first-order valence-electron chi connectivity index (χ1n) is 9.85. The Bertz CT molecular complexity index is 1050. The average molecular weight is 391 g/mol. The minimum Gasteiger partial charge on any atom is -0.497 e. The predicted molar refractivity (Wildman–Crippen MR) is 115 cm³/mol. The van der Waals surface area contributed by atoms with Gasteiger partial charge in [0.1, 0.15) is 5.75 Å². The second kappa shape index (κ2) is 9.03. The number of nitrogens with zero attached hydrogens (tertiary/aromatic N) is 3. The topological polar surface area (TPSA) is 56.6 Å². The van der Waals surface area contributed by atoms with E-state index in [1.54, 1.807) is 18.0 Å². The lowest BCUT2D eigenvalue weighted by Gasteiger charge is -2.26. The van der Waals surface area contributed by atoms with Crippen molar-refractivity contribution in [1.29, 1.82) is 0 Å². The van der Waals surface area contributed by atoms with Gasteiger partial charge in [0.2, 0.25) is 0 Å². The van der Waals surface area contributed by atoms with Gasteiger partial charge < -0.3 is 9.47 Å². The van der Waals surface area contributed by atoms with Crippen LogP contribution in [-0.2, 0) is 11.3 Å². The molecule has 150 valence electrons. The van der Waals surface area contributed by atoms with Crippen molar-refractivity contribution < 1.29 is 9.47 Å². The summed E-state index contributed by atoms with van der Waals surface area (Å²) in [5.41, 5.74) is 2.07. The predicted octanol–water partition coefficient (Wildman–Crippen LogP) is 2.91. The van der Waals surface area contributed by atoms with E-state index < -0.39 is 0 Å². The minimum atomic E-state index is -0.0403. The molecule has 0 atom stereocenters. The lowest BCUT2D eigenvalue weighted by atomic mass is 10.1. The highest BCUT2D eigenvalue weighted by molar-refractivity contribution is 5.84. The maximum absolute atomic E-state index is 12.8. The SMILES string of the molecule is COc1ccc(/C=C/c2ccc3c(=O)n(CCN4CCOCC4)ncc3c2)cc1. The van der Waals surface area contributed by atoms with Gasteiger partial charge in [0.05, 0.1) is 38.5 Å². The first kappa shape index (κ1) is 19.4. The highest BCUT2D eigenvalue weighted by atomic mass is 16.5. The molecule has 29 heavy (non-hydrogen) atoms. The summed E-state index contributed by atoms with van der Waals surface area (Å²) in [5.74, 6) is 0.837. The Labute approximate surface area is 170 Å². The molecule has 1 fully saturated rings. The van der Waals surface area contributed by atoms with Gasteiger partial charge in [-0.15, -0.1) is 0 Å². The van der Waals surface area contributed by atoms with Crippen molar-refractivity contribution in [2.75, 3.05) is 40.0 Å². The normalized spacial score (nSPS) is 15.2. The molecule has 0 radical (unpaired) electrons. The van der Waals surface area contributed by atoms with Gasteiger partial charge in [-0.25, -0.2) is 4.68 Å². The number of rotatable bonds is 6. The molecular weight excluding hydrogens is 366 g/mol. The van der Waals surface area contributed by atoms with Gasteiger partial charge in [-0.1, -0.05) is 30.4 Å². The van der Waals surface area contributed by atoms with Crippen molar-refractivity contribution >= 4 is 22.9 Å². The number of morpholine rings is 1. The van der Waals surface area contributed by atoms with E-state index >= 15 is 0 Å². The van der Waals surface area contributed by atoms with E-state index in [0.29, 0.717) is 11.9 Å². The molecule has 1 saturated heterocycles. The molecule has 0 spiro atoms. The van der Waals surface area contributed by atoms with Gasteiger partial charge in [-0.05, 0) is 35.4 Å². The fourth-order valence-corrected chi connectivity index (χ4v) is 3.44. The van der Waals surface area contributed by atoms with E-state index in [9.17, 15) is 4.79 Å². The molecule has 0 N–H and O–H groups in total. The van der Waals surface area contributed by atoms with Gasteiger partial charge >= 0.3 is 0 Å². The van der Waals surface area contributed by atoms with E-state index in [1.807, 2.05) is 54.6 Å². The molecular formula is C23H25N3O3. The second-order valence-corrected chi connectivity index (χ2v) is 7.08. The van der Waals surface area contributed by atoms with Crippen LogP contribution < -0.4 is 10.3 Å². The fraction of sp³-hybridized carbons (Fsp3) is 0.304. The fourth-order valence-electron chi connectivity index (χ4n) is 3.44. The number of fused-ring (bicyclic) bond motifs is 1. The summed E-state index contributed by atoms with van der Waals surface area (Å²) in [5, 5.41) is 5.93. The molecule has 4 rings (SSSR count). The van der Waals surface area contributed by atoms with Crippen molar-refractivity contribution in [2.45, 2.75) is 6.54 Å². The average Bonchev–Trinajstić information content (AvgIpc) is 2.78. The van der Waals surface area contributed by atoms with Crippen LogP contribution in [0.3, 0.4) is 0 Å². The van der Waals surface area contributed by atoms with Gasteiger partial charge in [0.25, 0.3) is 5.56 Å². The number of aromatic nitrogens is 2. The number of hydrogen-bond donors (Lipinski definition) is 0. The third-order valence-electron chi connectivity index (χ3n) is 5.19. The maximum Gasteiger partial charge on any atom is 0.274 e. The number of ether oxygens (including phenoxy) is 2. The summed E-state index contributed by atoms with van der Waals surface area (Å²) in [7, 11) is 1.66. The Kier molecular flexibility index (Phi) is 6.03. The molecule has 0 saturated carbocycles. The smallest absolute Gasteiger partial charge is 0.274 e. The number of methoxy groups -OCH3 is 1. The Morgan fingerprint density at radius 3 is 2.52 bits per heavy atom. The monoisotopic (exact) mass is 391 g/mol. The van der Waals surface area contributed by atoms with Crippen molar-refractivity contribution in [3.05, 3.63) is 70.1 Å². The first-order chi connectivity index (χ1) is 14.2. The molecule has 0 aliphatic carbocycles. The van der Waals surface area contributed by atoms with Crippen LogP contribution in [-0.4, -0.2) is 54.6 Å². The summed E-state index contributed by atoms with van der Waals surface area (Å²) in [6, 6.07) is 13.7. The summed E-state index contributed by atoms with van der Waals surface area (Å²) in [4.78, 5) is 15.1. The second-order valence-electron chi connectivity index (χ2n) is 7.08. The maximum atomic E-state index is 12.8. The Morgan fingerprint density at radius 1 is 1.03 bits per heavy atom. The van der Waals surface area contributed by atoms with E-state index in [1.165, 1.54) is 0 Å². The number of hydrogen-bond acceptors (Lipinski definition) is 5. The largest absolute Gasteiger partial charge is 0.497 e. The van der Waals surface area contributed by atoms with E-state index in [0.717, 1.165) is 55.1 Å². The van der Waals surface area contributed by atoms with Crippen molar-refractivity contribution in [1.82, 2.24) is 14.7 Å². The molecule has 1 aliphatic rings. The highest BCUT2D eigenvalue weighted by Crippen LogP contribution is 2.16. The van der Waals surface area contributed by atoms with Gasteiger partial charge in [0.15, 0.2) is 0 Å². The minimum absolute atomic E-state index is 0.0403. The molecule has 2 aromatic carbocycles. The van der Waals surface area contributed by atoms with Crippen molar-refractivity contribution in [3.8, 4) is 5.75 Å². The van der Waals surface area contributed by atoms with E-state index in [4.69, 9.17) is 9.47 Å². The van der Waals surface area contributed by atoms with Crippen molar-refractivity contribution in [3.63, 3.8) is 0 Å². The van der Waals surface area contributed by atoms with E-state index in [-0.39, 0.29) is 5.56 Å². The standard InChI is InChI=1S/C23H25N3O3/c1-28-21-7-4-18(5-8-21)2-3-19-6-9-22-20(16-19)17-24-26(23(22)27)11-10-25-12-14-29-15-13-25/h2-9,16-17H,10-15H2,1H3/b3-2+. The third kappa shape index (κ3) is 4.72. The van der Waals surface area contributed by atoms with E-state index in [2.05, 4.69) is 10.00 Å². The van der Waals surface area contributed by atoms with Crippen LogP contribution in [0.15, 0.2) is 53.5 Å². The van der Waals surface area contributed by atoms with Crippen LogP contribution in [0.5, 0.6) is 5.75 Å². The van der Waals surface area contributed by atoms with Crippen LogP contribution in [0.1, 0.15) is 11.1 Å². The zero-order valence-electron chi connectivity index (χ0n) is 16.6. The molecule has 2 heterocycles. The zero-order valence-corrected chi connectivity index (χ0v) is 16.6. The lowest BCUT2D eigenvalue weighted by Crippen LogP contribution is -2.39. The first-order valence-corrected chi connectivity index (χ1v) is 9.85. The number of benzene rings is 2. The molecule has 0 bridgehead atoms. The molecule has 3 aromatic rings. The van der Waals surface area contributed by atoms with Gasteiger partial charge in [0, 0.05) is 25.0 Å². The molecule has 0 amide bonds. The molecule has 1 aliphatic heterocycles. The van der Waals surface area contributed by atoms with Crippen LogP contribution in [0.2, 0.25) is 0 Å². The third-order valence-corrected chi connectivity index (χ3v) is 5.19. The summed E-state index contributed by atoms with van der Waals surface area (Å²) in [6.07, 6.45) is 5.85. The summed E-state index contributed by atoms with van der Waals surface area (Å²) >= 11 is 0. The highest BCUT2D eigenvalue weighted by Gasteiger charge is 2.11. The molecule has 0 unspecified atom stereocenters. The summed E-state index contributed by atoms with van der Waals surface area (Å²) in [6.45, 7) is 4.73. The zero-order chi connectivity index (χ0) is 20.1. The Balaban J connectivity index is 1.49. The quantitative estimate of drug-likeness (QED) is 0.605. The summed E-state index contributed by atoms with van der Waals surface area (Å²) < 4.78 is 12.1. The van der Waals surface area contributed by atoms with Crippen LogP contribution in [0.25, 0.3) is 22.9 Å². The van der Waals surface area contributed by atoms with Crippen molar-refractivity contribution in [2.24, 2.45) is 0 Å². The Hall–Kier alpha value is -2.96. The van der Waals surface area contributed by atoms with Crippen LogP contribution in [0, 0.1) is 0 Å². The molecule has 1 aromatic heterocycles. The van der Waals surface area contributed by atoms with Gasteiger partial charge in [-0.3, -0.25) is 9.69 Å². The van der Waals surface area contributed by atoms with Crippen LogP contribution in [0.4, 0.5) is 0 Å².